The Balaban J connectivity index is 1.49. The van der Waals surface area contributed by atoms with Crippen molar-refractivity contribution in [3.8, 4) is 0 Å². The molecule has 0 aliphatic heterocycles. The van der Waals surface area contributed by atoms with Crippen molar-refractivity contribution in [2.24, 2.45) is 0 Å². The smallest absolute Gasteiger partial charge is 0.251 e. The summed E-state index contributed by atoms with van der Waals surface area (Å²) in [6.45, 7) is 6.49. The number of carbonyl (C=O) groups excluding carboxylic acids is 1. The summed E-state index contributed by atoms with van der Waals surface area (Å²) >= 11 is 0. The molecule has 1 unspecified atom stereocenters. The Morgan fingerprint density at radius 2 is 1.96 bits per heavy atom. The van der Waals surface area contributed by atoms with Crippen molar-refractivity contribution in [3.63, 3.8) is 0 Å². The first-order chi connectivity index (χ1) is 13.5. The molecule has 6 heteroatoms. The van der Waals surface area contributed by atoms with Gasteiger partial charge in [-0.2, -0.15) is 5.10 Å². The summed E-state index contributed by atoms with van der Waals surface area (Å²) in [6, 6.07) is 16.8. The van der Waals surface area contributed by atoms with Crippen molar-refractivity contribution in [2.45, 2.75) is 33.4 Å². The number of para-hydroxylation sites is 2. The Hall–Kier alpha value is -3.41. The van der Waals surface area contributed by atoms with Crippen LogP contribution in [0.3, 0.4) is 0 Å². The minimum Gasteiger partial charge on any atom is -0.438 e. The van der Waals surface area contributed by atoms with Gasteiger partial charge in [-0.3, -0.25) is 9.48 Å². The number of benzene rings is 2. The standard InChI is InChI=1S/C22H22N4O2/c1-14-11-15(2)26(25-14)13-17-7-6-8-18(12-17)21(27)23-16(3)22-24-19-9-4-5-10-20(19)28-22/h4-12,16H,13H2,1-3H3,(H,23,27). The van der Waals surface area contributed by atoms with E-state index < -0.39 is 0 Å². The SMILES string of the molecule is Cc1cc(C)n(Cc2cccc(C(=O)NC(C)c3nc4ccccc4o3)c2)n1. The number of nitrogens with one attached hydrogen (secondary N) is 1. The highest BCUT2D eigenvalue weighted by Crippen LogP contribution is 2.20. The number of aryl methyl sites for hydroxylation is 2. The third kappa shape index (κ3) is 3.67. The van der Waals surface area contributed by atoms with Gasteiger partial charge in [0.05, 0.1) is 12.2 Å². The summed E-state index contributed by atoms with van der Waals surface area (Å²) in [4.78, 5) is 17.2. The Morgan fingerprint density at radius 3 is 2.71 bits per heavy atom. The minimum absolute atomic E-state index is 0.162. The number of carbonyl (C=O) groups is 1. The van der Waals surface area contributed by atoms with Gasteiger partial charge in [-0.15, -0.1) is 0 Å². The van der Waals surface area contributed by atoms with Gasteiger partial charge in [0.25, 0.3) is 5.91 Å². The lowest BCUT2D eigenvalue weighted by Gasteiger charge is -2.11. The predicted octanol–water partition coefficient (Wildman–Crippen LogP) is 4.18. The van der Waals surface area contributed by atoms with Gasteiger partial charge in [-0.05, 0) is 56.7 Å². The highest BCUT2D eigenvalue weighted by Gasteiger charge is 2.17. The maximum Gasteiger partial charge on any atom is 0.251 e. The molecule has 1 amide bonds. The lowest BCUT2D eigenvalue weighted by atomic mass is 10.1. The number of hydrogen-bond acceptors (Lipinski definition) is 4. The van der Waals surface area contributed by atoms with Crippen LogP contribution in [0.5, 0.6) is 0 Å². The lowest BCUT2D eigenvalue weighted by Crippen LogP contribution is -2.27. The molecule has 4 rings (SSSR count). The van der Waals surface area contributed by atoms with E-state index in [-0.39, 0.29) is 11.9 Å². The number of oxazole rings is 1. The van der Waals surface area contributed by atoms with Crippen LogP contribution in [0.2, 0.25) is 0 Å². The van der Waals surface area contributed by atoms with Crippen LogP contribution >= 0.6 is 0 Å². The maximum absolute atomic E-state index is 12.7. The monoisotopic (exact) mass is 374 g/mol. The van der Waals surface area contributed by atoms with Crippen LogP contribution < -0.4 is 5.32 Å². The third-order valence-corrected chi connectivity index (χ3v) is 4.65. The molecule has 142 valence electrons. The maximum atomic E-state index is 12.7. The molecule has 0 saturated heterocycles. The molecule has 6 nitrogen and oxygen atoms in total. The average molecular weight is 374 g/mol. The van der Waals surface area contributed by atoms with Crippen LogP contribution in [-0.4, -0.2) is 20.7 Å². The zero-order valence-electron chi connectivity index (χ0n) is 16.1. The molecular weight excluding hydrogens is 352 g/mol. The van der Waals surface area contributed by atoms with E-state index in [0.717, 1.165) is 22.5 Å². The van der Waals surface area contributed by atoms with Crippen LogP contribution in [0, 0.1) is 13.8 Å². The molecule has 1 N–H and O–H groups in total. The van der Waals surface area contributed by atoms with E-state index in [2.05, 4.69) is 15.4 Å². The van der Waals surface area contributed by atoms with E-state index in [0.29, 0.717) is 23.6 Å². The molecule has 0 saturated carbocycles. The highest BCUT2D eigenvalue weighted by atomic mass is 16.3. The quantitative estimate of drug-likeness (QED) is 0.569. The van der Waals surface area contributed by atoms with E-state index in [9.17, 15) is 4.79 Å². The van der Waals surface area contributed by atoms with Gasteiger partial charge >= 0.3 is 0 Å². The largest absolute Gasteiger partial charge is 0.438 e. The molecule has 0 aliphatic rings. The van der Waals surface area contributed by atoms with E-state index in [1.807, 2.05) is 74.0 Å². The number of fused-ring (bicyclic) bond motifs is 1. The van der Waals surface area contributed by atoms with E-state index in [4.69, 9.17) is 4.42 Å². The molecule has 2 aromatic heterocycles. The molecule has 1 atom stereocenters. The molecular formula is C22H22N4O2. The van der Waals surface area contributed by atoms with E-state index >= 15 is 0 Å². The molecule has 2 heterocycles. The summed E-state index contributed by atoms with van der Waals surface area (Å²) in [7, 11) is 0. The Bertz CT molecular complexity index is 1110. The van der Waals surface area contributed by atoms with E-state index in [1.54, 1.807) is 6.07 Å². The van der Waals surface area contributed by atoms with Crippen molar-refractivity contribution in [3.05, 3.63) is 83.0 Å². The summed E-state index contributed by atoms with van der Waals surface area (Å²) in [5, 5.41) is 7.45. The van der Waals surface area contributed by atoms with E-state index in [1.165, 1.54) is 0 Å². The number of rotatable bonds is 5. The average Bonchev–Trinajstić information content (AvgIpc) is 3.24. The van der Waals surface area contributed by atoms with Crippen LogP contribution in [-0.2, 0) is 6.54 Å². The molecule has 0 bridgehead atoms. The summed E-state index contributed by atoms with van der Waals surface area (Å²) < 4.78 is 7.69. The lowest BCUT2D eigenvalue weighted by molar-refractivity contribution is 0.0934. The second kappa shape index (κ2) is 7.31. The van der Waals surface area contributed by atoms with Crippen molar-refractivity contribution >= 4 is 17.0 Å². The first kappa shape index (κ1) is 18.0. The van der Waals surface area contributed by atoms with Gasteiger partial charge in [0, 0.05) is 11.3 Å². The fraction of sp³-hybridized carbons (Fsp3) is 0.227. The summed E-state index contributed by atoms with van der Waals surface area (Å²) in [6.07, 6.45) is 0. The fourth-order valence-corrected chi connectivity index (χ4v) is 3.24. The second-order valence-electron chi connectivity index (χ2n) is 7.00. The first-order valence-corrected chi connectivity index (χ1v) is 9.26. The summed E-state index contributed by atoms with van der Waals surface area (Å²) in [5.74, 6) is 0.332. The zero-order chi connectivity index (χ0) is 19.7. The molecule has 0 fully saturated rings. The molecule has 0 aliphatic carbocycles. The topological polar surface area (TPSA) is 73.0 Å². The Morgan fingerprint density at radius 1 is 1.14 bits per heavy atom. The van der Waals surface area contributed by atoms with Gasteiger partial charge < -0.3 is 9.73 Å². The van der Waals surface area contributed by atoms with Crippen LogP contribution in [0.25, 0.3) is 11.1 Å². The van der Waals surface area contributed by atoms with Crippen molar-refractivity contribution < 1.29 is 9.21 Å². The van der Waals surface area contributed by atoms with Gasteiger partial charge in [-0.1, -0.05) is 24.3 Å². The minimum atomic E-state index is -0.334. The number of hydrogen-bond donors (Lipinski definition) is 1. The molecule has 28 heavy (non-hydrogen) atoms. The molecule has 4 aromatic rings. The number of amides is 1. The van der Waals surface area contributed by atoms with Crippen molar-refractivity contribution in [2.75, 3.05) is 0 Å². The third-order valence-electron chi connectivity index (χ3n) is 4.65. The van der Waals surface area contributed by atoms with Gasteiger partial charge in [0.1, 0.15) is 11.6 Å². The van der Waals surface area contributed by atoms with Gasteiger partial charge in [0.2, 0.25) is 5.89 Å². The zero-order valence-corrected chi connectivity index (χ0v) is 16.1. The summed E-state index contributed by atoms with van der Waals surface area (Å²) in [5.41, 5.74) is 5.20. The Kier molecular flexibility index (Phi) is 4.69. The van der Waals surface area contributed by atoms with Crippen LogP contribution in [0.4, 0.5) is 0 Å². The van der Waals surface area contributed by atoms with Crippen LogP contribution in [0.15, 0.2) is 59.0 Å². The second-order valence-corrected chi connectivity index (χ2v) is 7.00. The Labute approximate surface area is 163 Å². The highest BCUT2D eigenvalue weighted by molar-refractivity contribution is 5.94. The number of nitrogens with zero attached hydrogens (tertiary/aromatic N) is 3. The first-order valence-electron chi connectivity index (χ1n) is 9.26. The van der Waals surface area contributed by atoms with Gasteiger partial charge in [0.15, 0.2) is 5.58 Å². The van der Waals surface area contributed by atoms with Crippen LogP contribution in [0.1, 0.15) is 46.2 Å². The van der Waals surface area contributed by atoms with Gasteiger partial charge in [-0.25, -0.2) is 4.98 Å². The predicted molar refractivity (Wildman–Crippen MR) is 107 cm³/mol. The fourth-order valence-electron chi connectivity index (χ4n) is 3.24. The number of aromatic nitrogens is 3. The molecule has 0 spiro atoms. The van der Waals surface area contributed by atoms with Crippen molar-refractivity contribution in [1.82, 2.24) is 20.1 Å². The normalized spacial score (nSPS) is 12.2. The molecule has 0 radical (unpaired) electrons. The molecule has 2 aromatic carbocycles. The van der Waals surface area contributed by atoms with Crippen molar-refractivity contribution in [1.29, 1.82) is 0 Å².